The number of ether oxygens (including phenoxy) is 1. The first-order valence-corrected chi connectivity index (χ1v) is 13.7. The number of benzene rings is 4. The zero-order valence-electron chi connectivity index (χ0n) is 20.6. The quantitative estimate of drug-likeness (QED) is 0.245. The second-order valence-electron chi connectivity index (χ2n) is 8.53. The largest absolute Gasteiger partial charge is 0.492 e. The van der Waals surface area contributed by atoms with Gasteiger partial charge in [-0.15, -0.1) is 0 Å². The fraction of sp³-hybridized carbons (Fsp3) is 0.138. The van der Waals surface area contributed by atoms with E-state index in [0.717, 1.165) is 5.56 Å². The smallest absolute Gasteiger partial charge is 0.264 e. The summed E-state index contributed by atoms with van der Waals surface area (Å²) in [5.41, 5.74) is 2.06. The first-order valence-electron chi connectivity index (χ1n) is 11.8. The molecule has 0 aliphatic rings. The number of aryl methyl sites for hydroxylation is 1. The molecule has 0 aliphatic carbocycles. The average Bonchev–Trinajstić information content (AvgIpc) is 2.92. The van der Waals surface area contributed by atoms with E-state index in [2.05, 4.69) is 5.32 Å². The molecule has 0 fully saturated rings. The highest BCUT2D eigenvalue weighted by Crippen LogP contribution is 2.30. The van der Waals surface area contributed by atoms with E-state index >= 15 is 0 Å². The Morgan fingerprint density at radius 1 is 0.921 bits per heavy atom. The maximum atomic E-state index is 13.9. The maximum absolute atomic E-state index is 13.9. The predicted molar refractivity (Wildman–Crippen MR) is 147 cm³/mol. The van der Waals surface area contributed by atoms with Gasteiger partial charge in [-0.2, -0.15) is 0 Å². The fourth-order valence-electron chi connectivity index (χ4n) is 3.74. The van der Waals surface area contributed by atoms with Gasteiger partial charge in [0.15, 0.2) is 0 Å². The Balaban J connectivity index is 1.60. The molecule has 9 heteroatoms. The number of carbonyl (C=O) groups excluding carboxylic acids is 1. The van der Waals surface area contributed by atoms with E-state index in [1.165, 1.54) is 28.6 Å². The number of hydrogen-bond acceptors (Lipinski definition) is 4. The molecule has 4 rings (SSSR count). The van der Waals surface area contributed by atoms with E-state index in [1.807, 2.05) is 6.92 Å². The summed E-state index contributed by atoms with van der Waals surface area (Å²) in [5, 5.41) is 3.30. The summed E-state index contributed by atoms with van der Waals surface area (Å²) in [5.74, 6) is -0.353. The number of sulfonamides is 1. The van der Waals surface area contributed by atoms with Crippen LogP contribution in [0, 0.1) is 12.7 Å². The summed E-state index contributed by atoms with van der Waals surface area (Å²) in [7, 11) is -4.03. The van der Waals surface area contributed by atoms with Crippen LogP contribution in [0.3, 0.4) is 0 Å². The van der Waals surface area contributed by atoms with E-state index in [4.69, 9.17) is 16.3 Å². The van der Waals surface area contributed by atoms with Crippen molar-refractivity contribution in [2.24, 2.45) is 0 Å². The lowest BCUT2D eigenvalue weighted by Crippen LogP contribution is -2.34. The van der Waals surface area contributed by atoms with E-state index in [1.54, 1.807) is 72.8 Å². The molecule has 1 N–H and O–H groups in total. The molecule has 1 amide bonds. The van der Waals surface area contributed by atoms with Crippen LogP contribution in [0.1, 0.15) is 21.5 Å². The Labute approximate surface area is 226 Å². The molecule has 0 bridgehead atoms. The van der Waals surface area contributed by atoms with Crippen molar-refractivity contribution >= 4 is 33.2 Å². The van der Waals surface area contributed by atoms with E-state index in [-0.39, 0.29) is 41.7 Å². The number of amides is 1. The molecule has 0 aliphatic heterocycles. The fourth-order valence-corrected chi connectivity index (χ4v) is 5.33. The number of halogens is 2. The highest BCUT2D eigenvalue weighted by atomic mass is 35.5. The van der Waals surface area contributed by atoms with Crippen LogP contribution in [0.2, 0.25) is 5.02 Å². The van der Waals surface area contributed by atoms with Crippen LogP contribution < -0.4 is 14.4 Å². The number of hydrogen-bond donors (Lipinski definition) is 1. The van der Waals surface area contributed by atoms with Crippen LogP contribution in [0.4, 0.5) is 10.1 Å². The van der Waals surface area contributed by atoms with Gasteiger partial charge in [-0.3, -0.25) is 9.10 Å². The summed E-state index contributed by atoms with van der Waals surface area (Å²) in [6, 6.07) is 25.5. The standard InChI is InChI=1S/C29H26ClFN2O4S/c1-21-6-16-26(17-7-21)38(35,36)33(20-22-8-10-23(30)11-9-22)28-5-3-2-4-27(28)29(34)32-18-19-37-25-14-12-24(31)13-15-25/h2-17H,18-20H2,1H3,(H,32,34). The monoisotopic (exact) mass is 552 g/mol. The molecular weight excluding hydrogens is 527 g/mol. The van der Waals surface area contributed by atoms with Gasteiger partial charge in [0.1, 0.15) is 18.2 Å². The highest BCUT2D eigenvalue weighted by Gasteiger charge is 2.28. The number of para-hydroxylation sites is 1. The zero-order valence-corrected chi connectivity index (χ0v) is 22.2. The van der Waals surface area contributed by atoms with E-state index < -0.39 is 15.9 Å². The van der Waals surface area contributed by atoms with Gasteiger partial charge in [-0.25, -0.2) is 12.8 Å². The van der Waals surface area contributed by atoms with E-state index in [0.29, 0.717) is 16.3 Å². The van der Waals surface area contributed by atoms with Crippen molar-refractivity contribution in [1.29, 1.82) is 0 Å². The van der Waals surface area contributed by atoms with Gasteiger partial charge in [0, 0.05) is 5.02 Å². The van der Waals surface area contributed by atoms with Gasteiger partial charge >= 0.3 is 0 Å². The molecule has 0 aromatic heterocycles. The van der Waals surface area contributed by atoms with Crippen molar-refractivity contribution in [2.45, 2.75) is 18.4 Å². The summed E-state index contributed by atoms with van der Waals surface area (Å²) in [6.45, 7) is 2.18. The van der Waals surface area contributed by atoms with Crippen LogP contribution in [0.5, 0.6) is 5.75 Å². The predicted octanol–water partition coefficient (Wildman–Crippen LogP) is 5.99. The van der Waals surface area contributed by atoms with Crippen molar-refractivity contribution in [3.63, 3.8) is 0 Å². The molecule has 196 valence electrons. The minimum Gasteiger partial charge on any atom is -0.492 e. The lowest BCUT2D eigenvalue weighted by molar-refractivity contribution is 0.0947. The molecule has 6 nitrogen and oxygen atoms in total. The number of nitrogens with zero attached hydrogens (tertiary/aromatic N) is 1. The molecule has 0 saturated heterocycles. The van der Waals surface area contributed by atoms with Crippen LogP contribution >= 0.6 is 11.6 Å². The Morgan fingerprint density at radius 3 is 2.26 bits per heavy atom. The van der Waals surface area contributed by atoms with Crippen LogP contribution in [0.25, 0.3) is 0 Å². The van der Waals surface area contributed by atoms with Gasteiger partial charge in [0.2, 0.25) is 0 Å². The van der Waals surface area contributed by atoms with Crippen molar-refractivity contribution in [1.82, 2.24) is 5.32 Å². The molecule has 4 aromatic carbocycles. The van der Waals surface area contributed by atoms with Crippen molar-refractivity contribution in [3.8, 4) is 5.75 Å². The van der Waals surface area contributed by atoms with Crippen molar-refractivity contribution in [2.75, 3.05) is 17.5 Å². The topological polar surface area (TPSA) is 75.7 Å². The van der Waals surface area contributed by atoms with Crippen LogP contribution in [-0.2, 0) is 16.6 Å². The number of nitrogens with one attached hydrogen (secondary N) is 1. The summed E-state index contributed by atoms with van der Waals surface area (Å²) in [6.07, 6.45) is 0. The zero-order chi connectivity index (χ0) is 27.1. The first kappa shape index (κ1) is 27.2. The van der Waals surface area contributed by atoms with Crippen LogP contribution in [0.15, 0.2) is 102 Å². The Bertz CT molecular complexity index is 1490. The second kappa shape index (κ2) is 12.1. The lowest BCUT2D eigenvalue weighted by Gasteiger charge is -2.27. The molecular formula is C29H26ClFN2O4S. The molecule has 0 unspecified atom stereocenters. The summed E-state index contributed by atoms with van der Waals surface area (Å²) in [4.78, 5) is 13.3. The van der Waals surface area contributed by atoms with Gasteiger partial charge in [-0.1, -0.05) is 53.6 Å². The molecule has 4 aromatic rings. The Kier molecular flexibility index (Phi) is 8.66. The second-order valence-corrected chi connectivity index (χ2v) is 10.8. The average molecular weight is 553 g/mol. The maximum Gasteiger partial charge on any atom is 0.264 e. The van der Waals surface area contributed by atoms with Crippen LogP contribution in [-0.4, -0.2) is 27.5 Å². The third-order valence-corrected chi connectivity index (χ3v) is 7.76. The molecule has 0 spiro atoms. The number of carbonyl (C=O) groups is 1. The van der Waals surface area contributed by atoms with Crippen molar-refractivity contribution < 1.29 is 22.3 Å². The summed E-state index contributed by atoms with van der Waals surface area (Å²) < 4.78 is 47.5. The molecule has 38 heavy (non-hydrogen) atoms. The SMILES string of the molecule is Cc1ccc(S(=O)(=O)N(Cc2ccc(Cl)cc2)c2ccccc2C(=O)NCCOc2ccc(F)cc2)cc1. The van der Waals surface area contributed by atoms with Gasteiger partial charge in [0.05, 0.1) is 29.2 Å². The molecule has 0 saturated carbocycles. The Hall–Kier alpha value is -3.88. The third-order valence-electron chi connectivity index (χ3n) is 5.74. The van der Waals surface area contributed by atoms with Gasteiger partial charge < -0.3 is 10.1 Å². The van der Waals surface area contributed by atoms with Gasteiger partial charge in [-0.05, 0) is 73.2 Å². The minimum atomic E-state index is -4.03. The first-order chi connectivity index (χ1) is 18.2. The Morgan fingerprint density at radius 2 is 1.58 bits per heavy atom. The lowest BCUT2D eigenvalue weighted by atomic mass is 10.1. The molecule has 0 radical (unpaired) electrons. The van der Waals surface area contributed by atoms with Crippen molar-refractivity contribution in [3.05, 3.63) is 125 Å². The number of rotatable bonds is 10. The number of anilines is 1. The van der Waals surface area contributed by atoms with E-state index in [9.17, 15) is 17.6 Å². The van der Waals surface area contributed by atoms with Gasteiger partial charge in [0.25, 0.3) is 15.9 Å². The molecule has 0 atom stereocenters. The molecule has 0 heterocycles. The summed E-state index contributed by atoms with van der Waals surface area (Å²) >= 11 is 6.03. The normalized spacial score (nSPS) is 11.1. The third kappa shape index (κ3) is 6.70. The minimum absolute atomic E-state index is 0.00858. The highest BCUT2D eigenvalue weighted by molar-refractivity contribution is 7.92.